The van der Waals surface area contributed by atoms with Crippen LogP contribution in [0.2, 0.25) is 0 Å². The second-order valence-corrected chi connectivity index (χ2v) is 5.47. The van der Waals surface area contributed by atoms with E-state index in [1.807, 2.05) is 25.2 Å². The first-order valence-corrected chi connectivity index (χ1v) is 7.45. The molecule has 0 aliphatic heterocycles. The monoisotopic (exact) mass is 478 g/mol. The second kappa shape index (κ2) is 9.09. The molecule has 0 fully saturated rings. The van der Waals surface area contributed by atoms with Gasteiger partial charge in [-0.3, -0.25) is 9.67 Å². The molecule has 0 bridgehead atoms. The zero-order chi connectivity index (χ0) is 15.2. The van der Waals surface area contributed by atoms with E-state index in [0.29, 0.717) is 6.54 Å². The molecule has 1 unspecified atom stereocenters. The molecule has 6 nitrogen and oxygen atoms in total. The molecule has 2 rings (SSSR count). The zero-order valence-corrected chi connectivity index (χ0v) is 16.7. The van der Waals surface area contributed by atoms with Gasteiger partial charge in [0.1, 0.15) is 12.2 Å². The summed E-state index contributed by atoms with van der Waals surface area (Å²) in [7, 11) is 3.61. The van der Waals surface area contributed by atoms with Gasteiger partial charge in [0.25, 0.3) is 0 Å². The normalized spacial score (nSPS) is 12.5. The third kappa shape index (κ3) is 4.94. The fourth-order valence-electron chi connectivity index (χ4n) is 1.95. The SMILES string of the molecule is CN=C(NCc1ncnn1C)NC(C)c1ccccc1Br.I. The summed E-state index contributed by atoms with van der Waals surface area (Å²) in [6, 6.07) is 8.27. The highest BCUT2D eigenvalue weighted by Crippen LogP contribution is 2.22. The van der Waals surface area contributed by atoms with Crippen molar-refractivity contribution in [3.8, 4) is 0 Å². The number of nitrogens with one attached hydrogen (secondary N) is 2. The first-order chi connectivity index (χ1) is 10.1. The van der Waals surface area contributed by atoms with Gasteiger partial charge in [-0.05, 0) is 18.6 Å². The maximum Gasteiger partial charge on any atom is 0.191 e. The first kappa shape index (κ1) is 18.9. The Labute approximate surface area is 156 Å². The van der Waals surface area contributed by atoms with Crippen LogP contribution in [0.15, 0.2) is 40.1 Å². The minimum atomic E-state index is 0. The van der Waals surface area contributed by atoms with Crippen LogP contribution in [0.3, 0.4) is 0 Å². The molecule has 8 heteroatoms. The van der Waals surface area contributed by atoms with Crippen LogP contribution in [0.25, 0.3) is 0 Å². The van der Waals surface area contributed by atoms with Crippen LogP contribution in [0.4, 0.5) is 0 Å². The van der Waals surface area contributed by atoms with Crippen LogP contribution < -0.4 is 10.6 Å². The number of halogens is 2. The van der Waals surface area contributed by atoms with Crippen molar-refractivity contribution in [2.45, 2.75) is 19.5 Å². The number of benzene rings is 1. The Morgan fingerprint density at radius 3 is 2.73 bits per heavy atom. The summed E-state index contributed by atoms with van der Waals surface area (Å²) in [4.78, 5) is 8.41. The quantitative estimate of drug-likeness (QED) is 0.402. The lowest BCUT2D eigenvalue weighted by Crippen LogP contribution is -2.38. The van der Waals surface area contributed by atoms with Gasteiger partial charge in [0, 0.05) is 18.6 Å². The van der Waals surface area contributed by atoms with Crippen LogP contribution in [-0.2, 0) is 13.6 Å². The van der Waals surface area contributed by atoms with Crippen molar-refractivity contribution in [3.63, 3.8) is 0 Å². The molecule has 1 aromatic heterocycles. The van der Waals surface area contributed by atoms with Crippen LogP contribution in [0.1, 0.15) is 24.4 Å². The van der Waals surface area contributed by atoms with E-state index in [1.54, 1.807) is 11.7 Å². The molecule has 2 N–H and O–H groups in total. The molecule has 22 heavy (non-hydrogen) atoms. The van der Waals surface area contributed by atoms with Crippen LogP contribution in [0.5, 0.6) is 0 Å². The summed E-state index contributed by atoms with van der Waals surface area (Å²) in [6.07, 6.45) is 1.54. The van der Waals surface area contributed by atoms with Crippen LogP contribution in [-0.4, -0.2) is 27.8 Å². The highest BCUT2D eigenvalue weighted by Gasteiger charge is 2.11. The molecule has 0 saturated heterocycles. The minimum absolute atomic E-state index is 0. The molecule has 0 aliphatic carbocycles. The smallest absolute Gasteiger partial charge is 0.191 e. The highest BCUT2D eigenvalue weighted by atomic mass is 127. The standard InChI is InChI=1S/C14H19BrN6.HI/c1-10(11-6-4-5-7-12(11)15)20-14(16-2)17-8-13-18-9-19-21(13)3;/h4-7,9-10H,8H2,1-3H3,(H2,16,17,20);1H. The number of rotatable bonds is 4. The molecule has 0 saturated carbocycles. The largest absolute Gasteiger partial charge is 0.350 e. The Hall–Kier alpha value is -1.16. The van der Waals surface area contributed by atoms with Gasteiger partial charge in [-0.1, -0.05) is 34.1 Å². The third-order valence-electron chi connectivity index (χ3n) is 3.17. The molecule has 0 aliphatic rings. The van der Waals surface area contributed by atoms with Crippen molar-refractivity contribution in [2.24, 2.45) is 12.0 Å². The first-order valence-electron chi connectivity index (χ1n) is 6.66. The molecule has 1 atom stereocenters. The Bertz CT molecular complexity index is 627. The van der Waals surface area contributed by atoms with E-state index in [4.69, 9.17) is 0 Å². The van der Waals surface area contributed by atoms with Gasteiger partial charge in [-0.2, -0.15) is 5.10 Å². The summed E-state index contributed by atoms with van der Waals surface area (Å²) < 4.78 is 2.81. The number of hydrogen-bond acceptors (Lipinski definition) is 3. The molecule has 0 spiro atoms. The predicted octanol–water partition coefficient (Wildman–Crippen LogP) is 2.62. The number of aromatic nitrogens is 3. The lowest BCUT2D eigenvalue weighted by Gasteiger charge is -2.19. The summed E-state index contributed by atoms with van der Waals surface area (Å²) in [5, 5.41) is 10.6. The van der Waals surface area contributed by atoms with Crippen molar-refractivity contribution >= 4 is 45.9 Å². The molecule has 2 aromatic rings. The van der Waals surface area contributed by atoms with Gasteiger partial charge >= 0.3 is 0 Å². The summed E-state index contributed by atoms with van der Waals surface area (Å²) in [5.41, 5.74) is 1.18. The number of aryl methyl sites for hydroxylation is 1. The number of aliphatic imine (C=N–C) groups is 1. The van der Waals surface area contributed by atoms with Crippen molar-refractivity contribution in [3.05, 3.63) is 46.5 Å². The van der Waals surface area contributed by atoms with Gasteiger partial charge in [0.15, 0.2) is 5.96 Å². The summed E-state index contributed by atoms with van der Waals surface area (Å²) >= 11 is 3.57. The van der Waals surface area contributed by atoms with Crippen molar-refractivity contribution in [1.82, 2.24) is 25.4 Å². The lowest BCUT2D eigenvalue weighted by atomic mass is 10.1. The fourth-order valence-corrected chi connectivity index (χ4v) is 2.57. The van der Waals surface area contributed by atoms with E-state index < -0.39 is 0 Å². The van der Waals surface area contributed by atoms with E-state index in [9.17, 15) is 0 Å². The van der Waals surface area contributed by atoms with E-state index in [2.05, 4.69) is 54.6 Å². The Kier molecular flexibility index (Phi) is 7.80. The van der Waals surface area contributed by atoms with E-state index >= 15 is 0 Å². The van der Waals surface area contributed by atoms with E-state index in [0.717, 1.165) is 16.3 Å². The van der Waals surface area contributed by atoms with Gasteiger partial charge in [-0.15, -0.1) is 24.0 Å². The Morgan fingerprint density at radius 1 is 1.41 bits per heavy atom. The molecule has 0 amide bonds. The molecule has 0 radical (unpaired) electrons. The minimum Gasteiger partial charge on any atom is -0.350 e. The van der Waals surface area contributed by atoms with Gasteiger partial charge in [0.2, 0.25) is 0 Å². The van der Waals surface area contributed by atoms with E-state index in [1.165, 1.54) is 11.9 Å². The van der Waals surface area contributed by atoms with Crippen molar-refractivity contribution < 1.29 is 0 Å². The predicted molar refractivity (Wildman–Crippen MR) is 102 cm³/mol. The second-order valence-electron chi connectivity index (χ2n) is 4.61. The zero-order valence-electron chi connectivity index (χ0n) is 12.7. The van der Waals surface area contributed by atoms with Crippen molar-refractivity contribution in [2.75, 3.05) is 7.05 Å². The number of guanidine groups is 1. The van der Waals surface area contributed by atoms with Gasteiger partial charge in [0.05, 0.1) is 12.6 Å². The van der Waals surface area contributed by atoms with E-state index in [-0.39, 0.29) is 30.0 Å². The van der Waals surface area contributed by atoms with Crippen molar-refractivity contribution in [1.29, 1.82) is 0 Å². The average molecular weight is 479 g/mol. The van der Waals surface area contributed by atoms with Gasteiger partial charge < -0.3 is 10.6 Å². The summed E-state index contributed by atoms with van der Waals surface area (Å²) in [6.45, 7) is 2.66. The fraction of sp³-hybridized carbons (Fsp3) is 0.357. The maximum atomic E-state index is 4.23. The third-order valence-corrected chi connectivity index (χ3v) is 3.89. The lowest BCUT2D eigenvalue weighted by molar-refractivity contribution is 0.650. The van der Waals surface area contributed by atoms with Crippen LogP contribution in [0, 0.1) is 0 Å². The highest BCUT2D eigenvalue weighted by molar-refractivity contribution is 14.0. The number of hydrogen-bond donors (Lipinski definition) is 2. The Balaban J connectivity index is 0.00000242. The molecule has 1 aromatic carbocycles. The van der Waals surface area contributed by atoms with Gasteiger partial charge in [-0.25, -0.2) is 4.98 Å². The van der Waals surface area contributed by atoms with Crippen LogP contribution >= 0.6 is 39.9 Å². The molecule has 1 heterocycles. The Morgan fingerprint density at radius 2 is 2.14 bits per heavy atom. The topological polar surface area (TPSA) is 67.1 Å². The number of nitrogens with zero attached hydrogens (tertiary/aromatic N) is 4. The summed E-state index contributed by atoms with van der Waals surface area (Å²) in [5.74, 6) is 1.58. The maximum absolute atomic E-state index is 4.23. The average Bonchev–Trinajstić information content (AvgIpc) is 2.89. The molecular formula is C14H20BrIN6. The molecule has 120 valence electrons. The molecular weight excluding hydrogens is 459 g/mol.